The second-order valence-corrected chi connectivity index (χ2v) is 16.1. The van der Waals surface area contributed by atoms with Gasteiger partial charge in [-0.2, -0.15) is 0 Å². The SMILES string of the molecule is CC/C=C\C/C=C\C/C=C\C/C=C\C/C=C\CCCCCCCC(=O)NCCOP(=O)(O)OCC(O)COC(=O)CCCCCCC/C=C\CCCCCCCC. The molecule has 0 saturated carbocycles. The van der Waals surface area contributed by atoms with Gasteiger partial charge in [0.2, 0.25) is 5.91 Å². The van der Waals surface area contributed by atoms with E-state index in [0.29, 0.717) is 6.42 Å². The summed E-state index contributed by atoms with van der Waals surface area (Å²) in [5.41, 5.74) is 0. The van der Waals surface area contributed by atoms with E-state index in [0.717, 1.165) is 109 Å². The van der Waals surface area contributed by atoms with Crippen LogP contribution in [0.1, 0.15) is 181 Å². The fraction of sp³-hybridized carbons (Fsp3) is 0.702. The summed E-state index contributed by atoms with van der Waals surface area (Å²) in [4.78, 5) is 33.9. The number of rotatable bonds is 41. The molecule has 3 N–H and O–H groups in total. The van der Waals surface area contributed by atoms with E-state index >= 15 is 0 Å². The van der Waals surface area contributed by atoms with Gasteiger partial charge in [0, 0.05) is 19.4 Å². The van der Waals surface area contributed by atoms with Crippen molar-refractivity contribution in [3.05, 3.63) is 72.9 Å². The quantitative estimate of drug-likeness (QED) is 0.0240. The summed E-state index contributed by atoms with van der Waals surface area (Å²) in [6.07, 6.45) is 52.6. The lowest BCUT2D eigenvalue weighted by molar-refractivity contribution is -0.147. The predicted octanol–water partition coefficient (Wildman–Crippen LogP) is 12.7. The van der Waals surface area contributed by atoms with E-state index in [9.17, 15) is 24.2 Å². The number of hydrogen-bond acceptors (Lipinski definition) is 7. The summed E-state index contributed by atoms with van der Waals surface area (Å²) >= 11 is 0. The lowest BCUT2D eigenvalue weighted by Crippen LogP contribution is -2.27. The fourth-order valence-corrected chi connectivity index (χ4v) is 6.51. The standard InChI is InChI=1S/C47H82NO8P/c1-3-5-7-9-11-13-15-17-19-20-21-22-23-24-26-27-29-31-33-35-37-39-46(50)48-41-42-55-57(52,53)56-44-45(49)43-54-47(51)40-38-36-34-32-30-28-25-18-16-14-12-10-8-6-4-2/h5,7,11,13,17-19,21-22,24-26,45,49H,3-4,6,8-10,12,14-16,20,23,27-44H2,1-2H3,(H,48,50)(H,52,53)/b7-5-,13-11-,19-17-,22-21-,25-18-,26-24-. The molecule has 0 radical (unpaired) electrons. The van der Waals surface area contributed by atoms with Crippen LogP contribution in [0.25, 0.3) is 0 Å². The van der Waals surface area contributed by atoms with Crippen molar-refractivity contribution in [2.45, 2.75) is 187 Å². The summed E-state index contributed by atoms with van der Waals surface area (Å²) in [6.45, 7) is 3.39. The van der Waals surface area contributed by atoms with Crippen molar-refractivity contribution >= 4 is 19.7 Å². The Labute approximate surface area is 348 Å². The van der Waals surface area contributed by atoms with Gasteiger partial charge in [-0.25, -0.2) is 4.57 Å². The number of carbonyl (C=O) groups is 2. The highest BCUT2D eigenvalue weighted by Crippen LogP contribution is 2.42. The molecule has 0 aliphatic heterocycles. The number of aliphatic hydroxyl groups excluding tert-OH is 1. The zero-order valence-corrected chi connectivity index (χ0v) is 36.9. The molecule has 328 valence electrons. The summed E-state index contributed by atoms with van der Waals surface area (Å²) in [5, 5.41) is 12.7. The van der Waals surface area contributed by atoms with Gasteiger partial charge in [0.05, 0.1) is 13.2 Å². The lowest BCUT2D eigenvalue weighted by atomic mass is 10.1. The minimum atomic E-state index is -4.43. The molecule has 2 unspecified atom stereocenters. The normalized spacial score (nSPS) is 14.0. The number of hydrogen-bond donors (Lipinski definition) is 3. The summed E-state index contributed by atoms with van der Waals surface area (Å²) in [6, 6.07) is 0. The third kappa shape index (κ3) is 44.4. The van der Waals surface area contributed by atoms with Crippen molar-refractivity contribution in [2.24, 2.45) is 0 Å². The van der Waals surface area contributed by atoms with Gasteiger partial charge in [-0.05, 0) is 83.5 Å². The molecule has 0 fully saturated rings. The molecule has 0 rings (SSSR count). The Morgan fingerprint density at radius 2 is 1.00 bits per heavy atom. The van der Waals surface area contributed by atoms with Gasteiger partial charge in [0.15, 0.2) is 0 Å². The Bertz CT molecular complexity index is 1160. The topological polar surface area (TPSA) is 131 Å². The van der Waals surface area contributed by atoms with Crippen molar-refractivity contribution in [1.29, 1.82) is 0 Å². The van der Waals surface area contributed by atoms with Crippen LogP contribution in [0.3, 0.4) is 0 Å². The fourth-order valence-electron chi connectivity index (χ4n) is 5.75. The van der Waals surface area contributed by atoms with Gasteiger partial charge in [0.1, 0.15) is 12.7 Å². The number of unbranched alkanes of at least 4 members (excludes halogenated alkanes) is 16. The van der Waals surface area contributed by atoms with Crippen molar-refractivity contribution in [3.8, 4) is 0 Å². The molecular formula is C47H82NO8P. The zero-order chi connectivity index (χ0) is 41.8. The molecule has 0 bridgehead atoms. The monoisotopic (exact) mass is 820 g/mol. The summed E-state index contributed by atoms with van der Waals surface area (Å²) in [7, 11) is -4.43. The molecule has 10 heteroatoms. The Morgan fingerprint density at radius 3 is 1.53 bits per heavy atom. The van der Waals surface area contributed by atoms with E-state index in [1.54, 1.807) is 0 Å². The molecule has 0 aromatic heterocycles. The Balaban J connectivity index is 3.66. The lowest BCUT2D eigenvalue weighted by Gasteiger charge is -2.15. The predicted molar refractivity (Wildman–Crippen MR) is 238 cm³/mol. The maximum atomic E-state index is 12.1. The van der Waals surface area contributed by atoms with Gasteiger partial charge in [-0.3, -0.25) is 18.6 Å². The van der Waals surface area contributed by atoms with Crippen molar-refractivity contribution in [1.82, 2.24) is 5.32 Å². The van der Waals surface area contributed by atoms with Crippen LogP contribution < -0.4 is 5.32 Å². The van der Waals surface area contributed by atoms with Crippen LogP contribution in [0, 0.1) is 0 Å². The minimum Gasteiger partial charge on any atom is -0.463 e. The van der Waals surface area contributed by atoms with Gasteiger partial charge < -0.3 is 20.1 Å². The molecule has 0 aromatic rings. The number of aliphatic hydroxyl groups is 1. The highest BCUT2D eigenvalue weighted by molar-refractivity contribution is 7.47. The Hall–Kier alpha value is -2.55. The molecule has 9 nitrogen and oxygen atoms in total. The summed E-state index contributed by atoms with van der Waals surface area (Å²) < 4.78 is 26.9. The largest absolute Gasteiger partial charge is 0.472 e. The highest BCUT2D eigenvalue weighted by atomic mass is 31.2. The number of nitrogens with one attached hydrogen (secondary N) is 1. The van der Waals surface area contributed by atoms with Gasteiger partial charge in [0.25, 0.3) is 0 Å². The van der Waals surface area contributed by atoms with Gasteiger partial charge in [-0.1, -0.05) is 157 Å². The van der Waals surface area contributed by atoms with Crippen LogP contribution in [0.15, 0.2) is 72.9 Å². The van der Waals surface area contributed by atoms with Crippen LogP contribution >= 0.6 is 7.82 Å². The van der Waals surface area contributed by atoms with E-state index in [-0.39, 0.29) is 32.1 Å². The molecule has 0 aromatic carbocycles. The number of carbonyl (C=O) groups excluding carboxylic acids is 2. The van der Waals surface area contributed by atoms with E-state index in [1.165, 1.54) is 44.9 Å². The molecule has 0 spiro atoms. The molecule has 0 heterocycles. The molecule has 0 saturated heterocycles. The van der Waals surface area contributed by atoms with Crippen LogP contribution in [-0.4, -0.2) is 54.3 Å². The minimum absolute atomic E-state index is 0.0660. The summed E-state index contributed by atoms with van der Waals surface area (Å²) in [5.74, 6) is -0.548. The van der Waals surface area contributed by atoms with E-state index in [2.05, 4.69) is 92.1 Å². The number of allylic oxidation sites excluding steroid dienone is 12. The highest BCUT2D eigenvalue weighted by Gasteiger charge is 2.23. The first-order valence-corrected chi connectivity index (χ1v) is 23.9. The van der Waals surface area contributed by atoms with Crippen LogP contribution in [-0.2, 0) is 27.9 Å². The smallest absolute Gasteiger partial charge is 0.463 e. The molecule has 1 amide bonds. The molecular weight excluding hydrogens is 737 g/mol. The van der Waals surface area contributed by atoms with E-state index in [4.69, 9.17) is 13.8 Å². The van der Waals surface area contributed by atoms with Gasteiger partial charge in [-0.15, -0.1) is 0 Å². The zero-order valence-electron chi connectivity index (χ0n) is 36.0. The second kappa shape index (κ2) is 43.0. The average molecular weight is 820 g/mol. The van der Waals surface area contributed by atoms with Crippen molar-refractivity contribution in [3.63, 3.8) is 0 Å². The number of phosphoric acid groups is 1. The first-order valence-electron chi connectivity index (χ1n) is 22.4. The molecule has 2 atom stereocenters. The number of esters is 1. The van der Waals surface area contributed by atoms with Crippen molar-refractivity contribution in [2.75, 3.05) is 26.4 Å². The van der Waals surface area contributed by atoms with Crippen LogP contribution in [0.5, 0.6) is 0 Å². The van der Waals surface area contributed by atoms with Gasteiger partial charge >= 0.3 is 13.8 Å². The second-order valence-electron chi connectivity index (χ2n) is 14.6. The molecule has 57 heavy (non-hydrogen) atoms. The third-order valence-corrected chi connectivity index (χ3v) is 10.1. The molecule has 0 aliphatic carbocycles. The maximum Gasteiger partial charge on any atom is 0.472 e. The Kier molecular flexibility index (Phi) is 41.1. The van der Waals surface area contributed by atoms with Crippen LogP contribution in [0.2, 0.25) is 0 Å². The third-order valence-electron chi connectivity index (χ3n) is 9.12. The molecule has 0 aliphatic rings. The average Bonchev–Trinajstić information content (AvgIpc) is 3.20. The number of ether oxygens (including phenoxy) is 1. The Morgan fingerprint density at radius 1 is 0.561 bits per heavy atom. The van der Waals surface area contributed by atoms with E-state index < -0.39 is 26.5 Å². The number of amides is 1. The van der Waals surface area contributed by atoms with Crippen molar-refractivity contribution < 1.29 is 37.9 Å². The van der Waals surface area contributed by atoms with Crippen LogP contribution in [0.4, 0.5) is 0 Å². The van der Waals surface area contributed by atoms with E-state index in [1.807, 2.05) is 0 Å². The first kappa shape index (κ1) is 54.5. The number of phosphoric ester groups is 1. The first-order chi connectivity index (χ1) is 27.8. The maximum absolute atomic E-state index is 12.1.